The Labute approximate surface area is 157 Å². The second-order valence-electron chi connectivity index (χ2n) is 6.55. The third-order valence-corrected chi connectivity index (χ3v) is 4.99. The molecule has 5 aromatic rings. The zero-order chi connectivity index (χ0) is 19.4. The molecule has 0 saturated heterocycles. The Bertz CT molecular complexity index is 1460. The molecule has 2 aromatic heterocycles. The van der Waals surface area contributed by atoms with Gasteiger partial charge in [0.05, 0.1) is 22.6 Å². The van der Waals surface area contributed by atoms with Crippen LogP contribution in [-0.4, -0.2) is 32.6 Å². The van der Waals surface area contributed by atoms with Crippen molar-refractivity contribution in [3.8, 4) is 0 Å². The summed E-state index contributed by atoms with van der Waals surface area (Å²) in [6.45, 7) is 0.394. The van der Waals surface area contributed by atoms with Gasteiger partial charge in [0.25, 0.3) is 11.2 Å². The minimum Gasteiger partial charge on any atom is -0.395 e. The van der Waals surface area contributed by atoms with Crippen molar-refractivity contribution in [2.24, 2.45) is 0 Å². The molecule has 0 bridgehead atoms. The van der Waals surface area contributed by atoms with Crippen molar-refractivity contribution in [1.82, 2.24) is 9.38 Å². The standard InChI is InChI=1S/C20H14N4O4/c25-9-8-21-15-6-5-13-18-12(15)2-1-3-14(18)20(26)23-17-7-4-11(24(27)28)10-16(17)22-19(13)23/h1-7,10,21,25H,8-9H2. The molecule has 28 heavy (non-hydrogen) atoms. The minimum atomic E-state index is -0.478. The third-order valence-electron chi connectivity index (χ3n) is 4.99. The van der Waals surface area contributed by atoms with Crippen molar-refractivity contribution in [2.45, 2.75) is 0 Å². The molecule has 2 N–H and O–H groups in total. The summed E-state index contributed by atoms with van der Waals surface area (Å²) in [4.78, 5) is 28.4. The summed E-state index contributed by atoms with van der Waals surface area (Å²) in [5.74, 6) is 0. The molecule has 0 amide bonds. The second-order valence-corrected chi connectivity index (χ2v) is 6.55. The number of hydrogen-bond donors (Lipinski definition) is 2. The van der Waals surface area contributed by atoms with E-state index in [1.54, 1.807) is 12.1 Å². The van der Waals surface area contributed by atoms with E-state index >= 15 is 0 Å². The van der Waals surface area contributed by atoms with E-state index in [2.05, 4.69) is 10.3 Å². The zero-order valence-corrected chi connectivity index (χ0v) is 14.5. The van der Waals surface area contributed by atoms with Gasteiger partial charge in [-0.05, 0) is 24.3 Å². The molecule has 0 saturated carbocycles. The molecular formula is C20H14N4O4. The summed E-state index contributed by atoms with van der Waals surface area (Å²) in [7, 11) is 0. The normalized spacial score (nSPS) is 11.8. The number of aromatic nitrogens is 2. The number of benzene rings is 3. The van der Waals surface area contributed by atoms with Crippen LogP contribution >= 0.6 is 0 Å². The van der Waals surface area contributed by atoms with Crippen molar-refractivity contribution in [3.05, 3.63) is 69.0 Å². The molecule has 8 nitrogen and oxygen atoms in total. The van der Waals surface area contributed by atoms with Crippen LogP contribution in [0.1, 0.15) is 0 Å². The van der Waals surface area contributed by atoms with E-state index < -0.39 is 4.92 Å². The summed E-state index contributed by atoms with van der Waals surface area (Å²) in [6, 6.07) is 13.6. The van der Waals surface area contributed by atoms with E-state index in [1.165, 1.54) is 16.5 Å². The number of imidazole rings is 1. The topological polar surface area (TPSA) is 110 Å². The highest BCUT2D eigenvalue weighted by Crippen LogP contribution is 2.34. The van der Waals surface area contributed by atoms with Gasteiger partial charge in [0, 0.05) is 45.9 Å². The van der Waals surface area contributed by atoms with Gasteiger partial charge in [-0.2, -0.15) is 0 Å². The lowest BCUT2D eigenvalue weighted by Crippen LogP contribution is -2.13. The number of nitrogens with zero attached hydrogens (tertiary/aromatic N) is 3. The van der Waals surface area contributed by atoms with Crippen LogP contribution in [0.25, 0.3) is 38.2 Å². The van der Waals surface area contributed by atoms with Crippen LogP contribution < -0.4 is 10.9 Å². The van der Waals surface area contributed by atoms with Gasteiger partial charge in [-0.15, -0.1) is 0 Å². The minimum absolute atomic E-state index is 0.00353. The lowest BCUT2D eigenvalue weighted by molar-refractivity contribution is -0.384. The van der Waals surface area contributed by atoms with Crippen molar-refractivity contribution < 1.29 is 10.0 Å². The number of hydrogen-bond acceptors (Lipinski definition) is 6. The number of aliphatic hydroxyl groups excluding tert-OH is 1. The predicted octanol–water partition coefficient (Wildman–Crippen LogP) is 2.90. The fraction of sp³-hybridized carbons (Fsp3) is 0.100. The van der Waals surface area contributed by atoms with Gasteiger partial charge >= 0.3 is 0 Å². The summed E-state index contributed by atoms with van der Waals surface area (Å²) in [5, 5.41) is 26.3. The zero-order valence-electron chi connectivity index (χ0n) is 14.5. The Hall–Kier alpha value is -3.78. The second kappa shape index (κ2) is 5.86. The molecule has 138 valence electrons. The molecule has 2 heterocycles. The monoisotopic (exact) mass is 374 g/mol. The quantitative estimate of drug-likeness (QED) is 0.370. The molecule has 3 aromatic carbocycles. The molecular weight excluding hydrogens is 360 g/mol. The van der Waals surface area contributed by atoms with Crippen molar-refractivity contribution in [3.63, 3.8) is 0 Å². The molecule has 0 aliphatic carbocycles. The maximum Gasteiger partial charge on any atom is 0.271 e. The number of rotatable bonds is 4. The van der Waals surface area contributed by atoms with Crippen LogP contribution in [0.4, 0.5) is 11.4 Å². The van der Waals surface area contributed by atoms with Crippen LogP contribution in [0.5, 0.6) is 0 Å². The molecule has 0 radical (unpaired) electrons. The summed E-state index contributed by atoms with van der Waals surface area (Å²) < 4.78 is 1.51. The highest BCUT2D eigenvalue weighted by Gasteiger charge is 2.18. The summed E-state index contributed by atoms with van der Waals surface area (Å²) in [5.41, 5.74) is 1.95. The SMILES string of the molecule is O=c1c2cccc3c(NCCO)ccc(c32)c2nc3cc([N+](=O)[O-])ccc3n12. The smallest absolute Gasteiger partial charge is 0.271 e. The molecule has 0 fully saturated rings. The number of anilines is 1. The lowest BCUT2D eigenvalue weighted by atomic mass is 10.0. The first-order valence-corrected chi connectivity index (χ1v) is 8.72. The van der Waals surface area contributed by atoms with Crippen LogP contribution in [0.2, 0.25) is 0 Å². The average Bonchev–Trinajstić information content (AvgIpc) is 3.09. The molecule has 5 rings (SSSR count). The van der Waals surface area contributed by atoms with Gasteiger partial charge in [-0.1, -0.05) is 12.1 Å². The van der Waals surface area contributed by atoms with Crippen LogP contribution in [0.15, 0.2) is 53.3 Å². The predicted molar refractivity (Wildman–Crippen MR) is 107 cm³/mol. The van der Waals surface area contributed by atoms with Gasteiger partial charge in [-0.25, -0.2) is 4.98 Å². The maximum atomic E-state index is 13.2. The first-order chi connectivity index (χ1) is 13.6. The van der Waals surface area contributed by atoms with Crippen molar-refractivity contribution in [2.75, 3.05) is 18.5 Å². The summed E-state index contributed by atoms with van der Waals surface area (Å²) in [6.07, 6.45) is 0. The highest BCUT2D eigenvalue weighted by atomic mass is 16.6. The van der Waals surface area contributed by atoms with E-state index in [1.807, 2.05) is 24.3 Å². The van der Waals surface area contributed by atoms with E-state index in [-0.39, 0.29) is 17.9 Å². The third kappa shape index (κ3) is 2.15. The van der Waals surface area contributed by atoms with Crippen molar-refractivity contribution in [1.29, 1.82) is 0 Å². The Morgan fingerprint density at radius 1 is 1.11 bits per heavy atom. The number of nitro benzene ring substituents is 1. The van der Waals surface area contributed by atoms with E-state index in [0.717, 1.165) is 21.8 Å². The van der Waals surface area contributed by atoms with Gasteiger partial charge in [0.15, 0.2) is 0 Å². The fourth-order valence-electron chi connectivity index (χ4n) is 3.80. The maximum absolute atomic E-state index is 13.2. The van der Waals surface area contributed by atoms with Gasteiger partial charge in [0.1, 0.15) is 5.65 Å². The highest BCUT2D eigenvalue weighted by molar-refractivity contribution is 6.18. The van der Waals surface area contributed by atoms with Gasteiger partial charge in [0.2, 0.25) is 0 Å². The van der Waals surface area contributed by atoms with E-state index in [4.69, 9.17) is 5.11 Å². The molecule has 0 spiro atoms. The molecule has 0 aliphatic rings. The van der Waals surface area contributed by atoms with E-state index in [0.29, 0.717) is 28.6 Å². The number of nitrogens with one attached hydrogen (secondary N) is 1. The number of nitro groups is 1. The Morgan fingerprint density at radius 3 is 2.71 bits per heavy atom. The Morgan fingerprint density at radius 2 is 1.93 bits per heavy atom. The Balaban J connectivity index is 1.95. The molecule has 0 aliphatic heterocycles. The number of pyridine rings is 1. The largest absolute Gasteiger partial charge is 0.395 e. The van der Waals surface area contributed by atoms with Crippen molar-refractivity contribution >= 4 is 49.6 Å². The van der Waals surface area contributed by atoms with Gasteiger partial charge in [-0.3, -0.25) is 19.3 Å². The first-order valence-electron chi connectivity index (χ1n) is 8.72. The number of non-ortho nitro benzene ring substituents is 1. The number of aliphatic hydroxyl groups is 1. The lowest BCUT2D eigenvalue weighted by Gasteiger charge is -2.12. The molecule has 0 unspecified atom stereocenters. The summed E-state index contributed by atoms with van der Waals surface area (Å²) >= 11 is 0. The van der Waals surface area contributed by atoms with Crippen LogP contribution in [-0.2, 0) is 0 Å². The van der Waals surface area contributed by atoms with Gasteiger partial charge < -0.3 is 10.4 Å². The fourth-order valence-corrected chi connectivity index (χ4v) is 3.80. The first kappa shape index (κ1) is 16.4. The molecule has 8 heteroatoms. The van der Waals surface area contributed by atoms with Crippen LogP contribution in [0, 0.1) is 10.1 Å². The van der Waals surface area contributed by atoms with Crippen LogP contribution in [0.3, 0.4) is 0 Å². The molecule has 0 atom stereocenters. The Kier molecular flexibility index (Phi) is 3.43. The number of fused-ring (bicyclic) bond motifs is 4. The van der Waals surface area contributed by atoms with E-state index in [9.17, 15) is 14.9 Å². The average molecular weight is 374 g/mol.